The maximum atomic E-state index is 13.7. The van der Waals surface area contributed by atoms with Crippen molar-refractivity contribution in [3.8, 4) is 11.5 Å². The SMILES string of the molecule is NC(Cc1ccccc1F)c1cccc2c1OCCO2. The van der Waals surface area contributed by atoms with Crippen LogP contribution in [-0.4, -0.2) is 13.2 Å². The second-order valence-corrected chi connectivity index (χ2v) is 4.77. The van der Waals surface area contributed by atoms with E-state index in [1.165, 1.54) is 6.07 Å². The standard InChI is InChI=1S/C16H16FNO2/c17-13-6-2-1-4-11(13)10-14(18)12-5-3-7-15-16(12)20-9-8-19-15/h1-7,14H,8-10,18H2. The van der Waals surface area contributed by atoms with Gasteiger partial charge in [-0.15, -0.1) is 0 Å². The van der Waals surface area contributed by atoms with E-state index in [2.05, 4.69) is 0 Å². The molecule has 0 saturated heterocycles. The number of fused-ring (bicyclic) bond motifs is 1. The second-order valence-electron chi connectivity index (χ2n) is 4.77. The Morgan fingerprint density at radius 3 is 2.70 bits per heavy atom. The van der Waals surface area contributed by atoms with E-state index in [-0.39, 0.29) is 11.9 Å². The molecule has 2 N–H and O–H groups in total. The Kier molecular flexibility index (Phi) is 3.56. The summed E-state index contributed by atoms with van der Waals surface area (Å²) < 4.78 is 24.9. The summed E-state index contributed by atoms with van der Waals surface area (Å²) in [6.07, 6.45) is 0.423. The lowest BCUT2D eigenvalue weighted by molar-refractivity contribution is 0.169. The van der Waals surface area contributed by atoms with Gasteiger partial charge in [0.2, 0.25) is 0 Å². The lowest BCUT2D eigenvalue weighted by Crippen LogP contribution is -2.20. The Morgan fingerprint density at radius 2 is 1.85 bits per heavy atom. The Bertz CT molecular complexity index is 615. The van der Waals surface area contributed by atoms with E-state index in [1.54, 1.807) is 12.1 Å². The van der Waals surface area contributed by atoms with E-state index in [0.29, 0.717) is 36.7 Å². The lowest BCUT2D eigenvalue weighted by atomic mass is 9.98. The van der Waals surface area contributed by atoms with Crippen molar-refractivity contribution < 1.29 is 13.9 Å². The van der Waals surface area contributed by atoms with Gasteiger partial charge in [-0.3, -0.25) is 0 Å². The van der Waals surface area contributed by atoms with Crippen LogP contribution in [0.3, 0.4) is 0 Å². The zero-order valence-electron chi connectivity index (χ0n) is 11.0. The molecule has 1 aliphatic rings. The van der Waals surface area contributed by atoms with E-state index < -0.39 is 0 Å². The van der Waals surface area contributed by atoms with Gasteiger partial charge in [0, 0.05) is 11.6 Å². The summed E-state index contributed by atoms with van der Waals surface area (Å²) in [6, 6.07) is 12.0. The first kappa shape index (κ1) is 12.9. The molecule has 0 aliphatic carbocycles. The van der Waals surface area contributed by atoms with Crippen LogP contribution in [-0.2, 0) is 6.42 Å². The molecule has 3 rings (SSSR count). The molecule has 2 aromatic rings. The molecule has 1 atom stereocenters. The summed E-state index contributed by atoms with van der Waals surface area (Å²) in [7, 11) is 0. The van der Waals surface area contributed by atoms with Gasteiger partial charge < -0.3 is 15.2 Å². The van der Waals surface area contributed by atoms with Crippen LogP contribution in [0, 0.1) is 5.82 Å². The Morgan fingerprint density at radius 1 is 1.05 bits per heavy atom. The summed E-state index contributed by atoms with van der Waals surface area (Å²) in [5.74, 6) is 1.16. The van der Waals surface area contributed by atoms with Crippen LogP contribution in [0.1, 0.15) is 17.2 Å². The second kappa shape index (κ2) is 5.51. The summed E-state index contributed by atoms with van der Waals surface area (Å²) in [4.78, 5) is 0. The number of rotatable bonds is 3. The van der Waals surface area contributed by atoms with Gasteiger partial charge >= 0.3 is 0 Å². The molecular formula is C16H16FNO2. The quantitative estimate of drug-likeness (QED) is 0.935. The summed E-state index contributed by atoms with van der Waals surface area (Å²) >= 11 is 0. The lowest BCUT2D eigenvalue weighted by Gasteiger charge is -2.23. The third-order valence-electron chi connectivity index (χ3n) is 3.39. The molecule has 1 unspecified atom stereocenters. The molecule has 2 aromatic carbocycles. The van der Waals surface area contributed by atoms with Gasteiger partial charge in [0.15, 0.2) is 11.5 Å². The maximum absolute atomic E-state index is 13.7. The topological polar surface area (TPSA) is 44.5 Å². The molecule has 3 nitrogen and oxygen atoms in total. The third-order valence-corrected chi connectivity index (χ3v) is 3.39. The van der Waals surface area contributed by atoms with Crippen molar-refractivity contribution in [3.05, 3.63) is 59.4 Å². The minimum Gasteiger partial charge on any atom is -0.486 e. The predicted octanol–water partition coefficient (Wildman–Crippen LogP) is 2.84. The van der Waals surface area contributed by atoms with E-state index >= 15 is 0 Å². The molecule has 0 radical (unpaired) electrons. The minimum absolute atomic E-state index is 0.232. The molecule has 0 bridgehead atoms. The molecular weight excluding hydrogens is 257 g/mol. The average Bonchev–Trinajstić information content (AvgIpc) is 2.49. The first-order valence-corrected chi connectivity index (χ1v) is 6.63. The van der Waals surface area contributed by atoms with Crippen molar-refractivity contribution in [2.24, 2.45) is 5.73 Å². The Labute approximate surface area is 117 Å². The van der Waals surface area contributed by atoms with Crippen molar-refractivity contribution in [1.29, 1.82) is 0 Å². The van der Waals surface area contributed by atoms with Crippen molar-refractivity contribution in [1.82, 2.24) is 0 Å². The number of halogens is 1. The number of para-hydroxylation sites is 1. The molecule has 20 heavy (non-hydrogen) atoms. The Hall–Kier alpha value is -2.07. The van der Waals surface area contributed by atoms with Gasteiger partial charge in [-0.05, 0) is 24.1 Å². The highest BCUT2D eigenvalue weighted by Gasteiger charge is 2.20. The molecule has 1 aliphatic heterocycles. The number of ether oxygens (including phenoxy) is 2. The minimum atomic E-state index is -0.330. The normalized spacial score (nSPS) is 14.9. The van der Waals surface area contributed by atoms with Crippen molar-refractivity contribution in [3.63, 3.8) is 0 Å². The molecule has 0 saturated carbocycles. The van der Waals surface area contributed by atoms with Crippen LogP contribution in [0.15, 0.2) is 42.5 Å². The molecule has 1 heterocycles. The third kappa shape index (κ3) is 2.47. The van der Waals surface area contributed by atoms with E-state index in [1.807, 2.05) is 24.3 Å². The van der Waals surface area contributed by atoms with E-state index in [4.69, 9.17) is 15.2 Å². The maximum Gasteiger partial charge on any atom is 0.166 e. The van der Waals surface area contributed by atoms with Crippen LogP contribution < -0.4 is 15.2 Å². The summed E-state index contributed by atoms with van der Waals surface area (Å²) in [5.41, 5.74) is 7.68. The van der Waals surface area contributed by atoms with Crippen molar-refractivity contribution in [2.75, 3.05) is 13.2 Å². The monoisotopic (exact) mass is 273 g/mol. The fraction of sp³-hybridized carbons (Fsp3) is 0.250. The fourth-order valence-electron chi connectivity index (χ4n) is 2.40. The summed E-state index contributed by atoms with van der Waals surface area (Å²) in [6.45, 7) is 1.05. The van der Waals surface area contributed by atoms with Gasteiger partial charge in [0.05, 0.1) is 0 Å². The van der Waals surface area contributed by atoms with Crippen LogP contribution in [0.25, 0.3) is 0 Å². The van der Waals surface area contributed by atoms with Crippen LogP contribution in [0.2, 0.25) is 0 Å². The van der Waals surface area contributed by atoms with Gasteiger partial charge in [0.25, 0.3) is 0 Å². The molecule has 0 amide bonds. The van der Waals surface area contributed by atoms with Gasteiger partial charge in [0.1, 0.15) is 19.0 Å². The zero-order valence-corrected chi connectivity index (χ0v) is 11.0. The van der Waals surface area contributed by atoms with Crippen molar-refractivity contribution in [2.45, 2.75) is 12.5 Å². The highest BCUT2D eigenvalue weighted by atomic mass is 19.1. The van der Waals surface area contributed by atoms with Crippen LogP contribution in [0.5, 0.6) is 11.5 Å². The average molecular weight is 273 g/mol. The largest absolute Gasteiger partial charge is 0.486 e. The Balaban J connectivity index is 1.88. The van der Waals surface area contributed by atoms with Gasteiger partial charge in [-0.1, -0.05) is 30.3 Å². The molecule has 0 spiro atoms. The highest BCUT2D eigenvalue weighted by molar-refractivity contribution is 5.49. The molecule has 4 heteroatoms. The first-order valence-electron chi connectivity index (χ1n) is 6.63. The summed E-state index contributed by atoms with van der Waals surface area (Å²) in [5, 5.41) is 0. The van der Waals surface area contributed by atoms with E-state index in [9.17, 15) is 4.39 Å². The number of benzene rings is 2. The van der Waals surface area contributed by atoms with Crippen LogP contribution in [0.4, 0.5) is 4.39 Å². The number of nitrogens with two attached hydrogens (primary N) is 1. The first-order chi connectivity index (χ1) is 9.75. The highest BCUT2D eigenvalue weighted by Crippen LogP contribution is 2.37. The zero-order chi connectivity index (χ0) is 13.9. The fourth-order valence-corrected chi connectivity index (χ4v) is 2.40. The predicted molar refractivity (Wildman–Crippen MR) is 74.5 cm³/mol. The van der Waals surface area contributed by atoms with Crippen molar-refractivity contribution >= 4 is 0 Å². The van der Waals surface area contributed by atoms with E-state index in [0.717, 1.165) is 5.56 Å². The molecule has 104 valence electrons. The molecule has 0 aromatic heterocycles. The van der Waals surface area contributed by atoms with Gasteiger partial charge in [-0.25, -0.2) is 4.39 Å². The number of hydrogen-bond acceptors (Lipinski definition) is 3. The molecule has 0 fully saturated rings. The number of hydrogen-bond donors (Lipinski definition) is 1. The van der Waals surface area contributed by atoms with Gasteiger partial charge in [-0.2, -0.15) is 0 Å². The smallest absolute Gasteiger partial charge is 0.166 e. The van der Waals surface area contributed by atoms with Crippen LogP contribution >= 0.6 is 0 Å².